The maximum absolute atomic E-state index is 9.57. The van der Waals surface area contributed by atoms with Gasteiger partial charge in [-0.2, -0.15) is 0 Å². The van der Waals surface area contributed by atoms with Crippen LogP contribution in [0.5, 0.6) is 0 Å². The molecule has 0 radical (unpaired) electrons. The van der Waals surface area contributed by atoms with Gasteiger partial charge in [0, 0.05) is 28.3 Å². The average molecular weight is 565 g/mol. The van der Waals surface area contributed by atoms with Gasteiger partial charge in [0.05, 0.1) is 72.7 Å². The summed E-state index contributed by atoms with van der Waals surface area (Å²) in [4.78, 5) is 0. The van der Waals surface area contributed by atoms with Crippen LogP contribution in [0.1, 0.15) is 66.2 Å². The van der Waals surface area contributed by atoms with Crippen LogP contribution in [-0.4, -0.2) is 110 Å². The van der Waals surface area contributed by atoms with E-state index < -0.39 is 5.41 Å². The largest absolute Gasteiger partial charge is 0.396 e. The highest BCUT2D eigenvalue weighted by Crippen LogP contribution is 2.34. The molecule has 0 aromatic rings. The molecule has 0 aromatic heterocycles. The zero-order chi connectivity index (χ0) is 28.5. The quantitative estimate of drug-likeness (QED) is 0.271. The summed E-state index contributed by atoms with van der Waals surface area (Å²) in [6.07, 6.45) is 6.16. The van der Waals surface area contributed by atoms with Crippen LogP contribution in [-0.2, 0) is 37.9 Å². The topological polar surface area (TPSA) is 114 Å². The Bertz CT molecular complexity index is 583. The van der Waals surface area contributed by atoms with Crippen LogP contribution in [0, 0.1) is 21.7 Å². The first-order chi connectivity index (χ1) is 18.9. The second-order valence-electron chi connectivity index (χ2n) is 11.8. The SMILES string of the molecule is CCC(CO)(COCO)COCC1(CC)COCOC1.CCC1(COCC2(CC)COCOC2)CCCOC1. The number of aliphatic hydroxyl groups excluding tert-OH is 2. The van der Waals surface area contributed by atoms with Gasteiger partial charge in [0.2, 0.25) is 0 Å². The first kappa shape index (κ1) is 34.8. The highest BCUT2D eigenvalue weighted by Gasteiger charge is 2.37. The fourth-order valence-corrected chi connectivity index (χ4v) is 5.10. The molecule has 3 aliphatic heterocycles. The summed E-state index contributed by atoms with van der Waals surface area (Å²) < 4.78 is 44.2. The molecule has 232 valence electrons. The van der Waals surface area contributed by atoms with Crippen LogP contribution in [0.4, 0.5) is 0 Å². The zero-order valence-corrected chi connectivity index (χ0v) is 25.0. The summed E-state index contributed by atoms with van der Waals surface area (Å²) in [6.45, 7) is 16.1. The number of hydrogen-bond donors (Lipinski definition) is 2. The monoisotopic (exact) mass is 564 g/mol. The Morgan fingerprint density at radius 2 is 1.13 bits per heavy atom. The average Bonchev–Trinajstić information content (AvgIpc) is 3.01. The van der Waals surface area contributed by atoms with E-state index in [9.17, 15) is 5.11 Å². The van der Waals surface area contributed by atoms with E-state index in [1.807, 2.05) is 6.92 Å². The van der Waals surface area contributed by atoms with Gasteiger partial charge in [0.15, 0.2) is 0 Å². The minimum atomic E-state index is -0.464. The van der Waals surface area contributed by atoms with Crippen molar-refractivity contribution in [3.05, 3.63) is 0 Å². The van der Waals surface area contributed by atoms with E-state index in [1.54, 1.807) is 0 Å². The molecule has 3 saturated heterocycles. The first-order valence-electron chi connectivity index (χ1n) is 14.7. The van der Waals surface area contributed by atoms with Crippen LogP contribution in [0.25, 0.3) is 0 Å². The van der Waals surface area contributed by atoms with Crippen LogP contribution < -0.4 is 0 Å². The maximum Gasteiger partial charge on any atom is 0.146 e. The first-order valence-corrected chi connectivity index (χ1v) is 14.7. The van der Waals surface area contributed by atoms with Crippen LogP contribution >= 0.6 is 0 Å². The Morgan fingerprint density at radius 1 is 0.641 bits per heavy atom. The van der Waals surface area contributed by atoms with E-state index in [0.717, 1.165) is 71.7 Å². The van der Waals surface area contributed by atoms with Crippen LogP contribution in [0.2, 0.25) is 0 Å². The lowest BCUT2D eigenvalue weighted by atomic mass is 9.80. The number of rotatable bonds is 16. The number of aliphatic hydroxyl groups is 2. The van der Waals surface area contributed by atoms with Crippen molar-refractivity contribution in [3.63, 3.8) is 0 Å². The van der Waals surface area contributed by atoms with Crippen molar-refractivity contribution in [1.29, 1.82) is 0 Å². The number of ether oxygens (including phenoxy) is 8. The van der Waals surface area contributed by atoms with Gasteiger partial charge >= 0.3 is 0 Å². The molecule has 3 heterocycles. The summed E-state index contributed by atoms with van der Waals surface area (Å²) in [7, 11) is 0. The Hall–Kier alpha value is -0.400. The Morgan fingerprint density at radius 3 is 1.56 bits per heavy atom. The predicted molar refractivity (Wildman–Crippen MR) is 146 cm³/mol. The molecular weight excluding hydrogens is 508 g/mol. The molecule has 2 N–H and O–H groups in total. The Labute approximate surface area is 235 Å². The molecule has 0 amide bonds. The van der Waals surface area contributed by atoms with E-state index in [-0.39, 0.29) is 36.3 Å². The number of hydrogen-bond acceptors (Lipinski definition) is 10. The minimum Gasteiger partial charge on any atom is -0.396 e. The standard InChI is InChI=1S/C15H28O4.C14H28O6/c1-3-14(6-5-7-16-8-14)9-17-10-15(4-2)11-18-13-19-12-15;1-3-13(5-15,7-18-11-16)6-17-8-14(4-2)9-19-12-20-10-14/h3-13H2,1-2H3;15-16H,3-12H2,1-2H3. The lowest BCUT2D eigenvalue weighted by molar-refractivity contribution is -0.188. The van der Waals surface area contributed by atoms with Gasteiger partial charge in [-0.25, -0.2) is 0 Å². The van der Waals surface area contributed by atoms with Gasteiger partial charge in [0.1, 0.15) is 20.4 Å². The highest BCUT2D eigenvalue weighted by atomic mass is 16.7. The molecular formula is C29H56O10. The summed E-state index contributed by atoms with van der Waals surface area (Å²) >= 11 is 0. The molecule has 0 bridgehead atoms. The molecule has 0 saturated carbocycles. The molecule has 2 unspecified atom stereocenters. The van der Waals surface area contributed by atoms with Crippen molar-refractivity contribution in [2.75, 3.05) is 99.7 Å². The minimum absolute atomic E-state index is 0.0321. The van der Waals surface area contributed by atoms with E-state index in [0.29, 0.717) is 40.0 Å². The molecule has 3 fully saturated rings. The van der Waals surface area contributed by atoms with E-state index >= 15 is 0 Å². The van der Waals surface area contributed by atoms with Gasteiger partial charge in [0.25, 0.3) is 0 Å². The Balaban J connectivity index is 0.000000274. The third-order valence-corrected chi connectivity index (χ3v) is 8.84. The summed E-state index contributed by atoms with van der Waals surface area (Å²) in [5.74, 6) is 0. The van der Waals surface area contributed by atoms with Crippen molar-refractivity contribution in [1.82, 2.24) is 0 Å². The predicted octanol–water partition coefficient (Wildman–Crippen LogP) is 3.37. The molecule has 2 atom stereocenters. The molecule has 0 aliphatic carbocycles. The second kappa shape index (κ2) is 18.2. The van der Waals surface area contributed by atoms with Crippen molar-refractivity contribution in [3.8, 4) is 0 Å². The van der Waals surface area contributed by atoms with Gasteiger partial charge in [-0.1, -0.05) is 27.7 Å². The fraction of sp³-hybridized carbons (Fsp3) is 1.00. The van der Waals surface area contributed by atoms with Gasteiger partial charge < -0.3 is 48.1 Å². The maximum atomic E-state index is 9.57. The van der Waals surface area contributed by atoms with Crippen molar-refractivity contribution < 1.29 is 48.1 Å². The molecule has 10 nitrogen and oxygen atoms in total. The summed E-state index contributed by atoms with van der Waals surface area (Å²) in [6, 6.07) is 0. The van der Waals surface area contributed by atoms with Crippen LogP contribution in [0.15, 0.2) is 0 Å². The smallest absolute Gasteiger partial charge is 0.146 e. The molecule has 3 aliphatic rings. The van der Waals surface area contributed by atoms with E-state index in [1.165, 1.54) is 6.42 Å². The van der Waals surface area contributed by atoms with Crippen molar-refractivity contribution in [2.24, 2.45) is 21.7 Å². The van der Waals surface area contributed by atoms with Gasteiger partial charge in [-0.15, -0.1) is 0 Å². The third kappa shape index (κ3) is 11.1. The second-order valence-corrected chi connectivity index (χ2v) is 11.8. The molecule has 10 heteroatoms. The fourth-order valence-electron chi connectivity index (χ4n) is 5.10. The molecule has 3 rings (SSSR count). The lowest BCUT2D eigenvalue weighted by Crippen LogP contribution is -2.43. The molecule has 0 spiro atoms. The Kier molecular flexibility index (Phi) is 16.2. The van der Waals surface area contributed by atoms with Gasteiger partial charge in [-0.3, -0.25) is 0 Å². The van der Waals surface area contributed by atoms with E-state index in [4.69, 9.17) is 43.0 Å². The normalized spacial score (nSPS) is 26.3. The van der Waals surface area contributed by atoms with Gasteiger partial charge in [-0.05, 0) is 38.5 Å². The van der Waals surface area contributed by atoms with E-state index in [2.05, 4.69) is 20.8 Å². The third-order valence-electron chi connectivity index (χ3n) is 8.84. The highest BCUT2D eigenvalue weighted by molar-refractivity contribution is 4.84. The zero-order valence-electron chi connectivity index (χ0n) is 25.0. The molecule has 0 aromatic carbocycles. The molecule has 39 heavy (non-hydrogen) atoms. The lowest BCUT2D eigenvalue weighted by Gasteiger charge is -2.39. The van der Waals surface area contributed by atoms with Crippen molar-refractivity contribution in [2.45, 2.75) is 66.2 Å². The van der Waals surface area contributed by atoms with Crippen LogP contribution in [0.3, 0.4) is 0 Å². The summed E-state index contributed by atoms with van der Waals surface area (Å²) in [5, 5.41) is 18.3. The van der Waals surface area contributed by atoms with Crippen molar-refractivity contribution >= 4 is 0 Å². The summed E-state index contributed by atoms with van der Waals surface area (Å²) in [5.41, 5.74) is -0.300.